The van der Waals surface area contributed by atoms with E-state index in [1.165, 1.54) is 6.07 Å². The monoisotopic (exact) mass is 735 g/mol. The molecule has 290 valence electrons. The molecule has 2 aromatic rings. The zero-order chi connectivity index (χ0) is 38.5. The number of nitrogens with one attached hydrogen (secondary N) is 4. The van der Waals surface area contributed by atoms with E-state index in [0.717, 1.165) is 37.7 Å². The Labute approximate surface area is 312 Å². The first kappa shape index (κ1) is 41.2. The Hall–Kier alpha value is -4.52. The lowest BCUT2D eigenvalue weighted by Gasteiger charge is -2.32. The molecule has 0 spiro atoms. The van der Waals surface area contributed by atoms with Crippen LogP contribution in [0, 0.1) is 27.9 Å². The summed E-state index contributed by atoms with van der Waals surface area (Å²) in [6.45, 7) is 8.43. The first-order chi connectivity index (χ1) is 25.3. The van der Waals surface area contributed by atoms with Crippen LogP contribution in [0.3, 0.4) is 0 Å². The number of benzene rings is 2. The van der Waals surface area contributed by atoms with E-state index in [9.17, 15) is 34.4 Å². The molecule has 2 aromatic carbocycles. The number of ether oxygens (including phenoxy) is 1. The van der Waals surface area contributed by atoms with Crippen LogP contribution in [-0.4, -0.2) is 71.0 Å². The van der Waals surface area contributed by atoms with Crippen LogP contribution in [0.5, 0.6) is 5.75 Å². The highest BCUT2D eigenvalue weighted by Gasteiger charge is 2.35. The van der Waals surface area contributed by atoms with Crippen LogP contribution >= 0.6 is 0 Å². The summed E-state index contributed by atoms with van der Waals surface area (Å²) in [5.41, 5.74) is 1.20. The number of hydrogen-bond donors (Lipinski definition) is 5. The molecule has 5 atom stereocenters. The number of nitrogens with zero attached hydrogens (tertiary/aromatic N) is 1. The predicted octanol–water partition coefficient (Wildman–Crippen LogP) is 4.70. The zero-order valence-corrected chi connectivity index (χ0v) is 31.5. The molecule has 13 nitrogen and oxygen atoms in total. The molecule has 5 N–H and O–H groups in total. The van der Waals surface area contributed by atoms with Gasteiger partial charge in [0.25, 0.3) is 0 Å². The third-order valence-electron chi connectivity index (χ3n) is 10.0. The quantitative estimate of drug-likeness (QED) is 0.101. The fourth-order valence-electron chi connectivity index (χ4n) is 7.22. The minimum atomic E-state index is -1.11. The molecule has 1 unspecified atom stereocenters. The maximum Gasteiger partial charge on any atom is 0.311 e. The molecule has 1 heterocycles. The number of hydrogen-bond acceptors (Lipinski definition) is 8. The summed E-state index contributed by atoms with van der Waals surface area (Å²) >= 11 is 0. The zero-order valence-electron chi connectivity index (χ0n) is 31.5. The molecule has 1 aliphatic carbocycles. The number of carbonyl (C=O) groups is 4. The van der Waals surface area contributed by atoms with Crippen LogP contribution in [-0.2, 0) is 25.6 Å². The van der Waals surface area contributed by atoms with Gasteiger partial charge in [0.05, 0.1) is 30.1 Å². The smallest absolute Gasteiger partial charge is 0.311 e. The van der Waals surface area contributed by atoms with Crippen molar-refractivity contribution in [1.82, 2.24) is 21.3 Å². The van der Waals surface area contributed by atoms with E-state index >= 15 is 0 Å². The van der Waals surface area contributed by atoms with Crippen LogP contribution in [0.2, 0.25) is 0 Å². The van der Waals surface area contributed by atoms with E-state index in [0.29, 0.717) is 30.9 Å². The minimum absolute atomic E-state index is 0.0169. The molecule has 2 aliphatic rings. The number of aliphatic hydroxyl groups is 1. The van der Waals surface area contributed by atoms with Crippen molar-refractivity contribution >= 4 is 29.3 Å². The van der Waals surface area contributed by atoms with Gasteiger partial charge in [0.15, 0.2) is 0 Å². The lowest BCUT2D eigenvalue weighted by molar-refractivity contribution is -0.385. The number of para-hydroxylation sites is 1. The Morgan fingerprint density at radius 2 is 1.57 bits per heavy atom. The van der Waals surface area contributed by atoms with Crippen molar-refractivity contribution in [1.29, 1.82) is 0 Å². The SMILES string of the molecule is CC(C)CNC(=O)C[C@H](O)[C@H](CC1CCCCC1)NC(=O)[C@H](CC(C)C)NC(=O)[C@H](Cc1ccccc1)NC(=O)CC1COc2c1cccc2[N+](=O)[O-]. The molecule has 0 radical (unpaired) electrons. The molecule has 0 bridgehead atoms. The second-order valence-electron chi connectivity index (χ2n) is 15.5. The Bertz CT molecular complexity index is 1540. The van der Waals surface area contributed by atoms with Gasteiger partial charge in [-0.3, -0.25) is 29.3 Å². The van der Waals surface area contributed by atoms with Crippen molar-refractivity contribution in [3.05, 3.63) is 69.8 Å². The molecule has 4 rings (SSSR count). The Balaban J connectivity index is 1.49. The summed E-state index contributed by atoms with van der Waals surface area (Å²) in [5, 5.41) is 34.4. The summed E-state index contributed by atoms with van der Waals surface area (Å²) in [5.74, 6) is -1.44. The molecule has 1 fully saturated rings. The Morgan fingerprint density at radius 1 is 0.868 bits per heavy atom. The normalized spacial score (nSPS) is 17.9. The molecule has 13 heteroatoms. The third-order valence-corrected chi connectivity index (χ3v) is 10.0. The molecule has 1 saturated carbocycles. The Morgan fingerprint density at radius 3 is 2.23 bits per heavy atom. The van der Waals surface area contributed by atoms with Crippen molar-refractivity contribution < 1.29 is 33.9 Å². The van der Waals surface area contributed by atoms with Gasteiger partial charge in [0, 0.05) is 36.9 Å². The van der Waals surface area contributed by atoms with Crippen molar-refractivity contribution in [2.24, 2.45) is 17.8 Å². The Kier molecular flexibility index (Phi) is 15.6. The number of carbonyl (C=O) groups excluding carboxylic acids is 4. The lowest BCUT2D eigenvalue weighted by Crippen LogP contribution is -2.57. The summed E-state index contributed by atoms with van der Waals surface area (Å²) in [7, 11) is 0. The van der Waals surface area contributed by atoms with Crippen LogP contribution in [0.1, 0.15) is 103 Å². The average Bonchev–Trinajstić information content (AvgIpc) is 3.52. The van der Waals surface area contributed by atoms with Crippen molar-refractivity contribution in [2.45, 2.75) is 122 Å². The number of nitro benzene ring substituents is 1. The van der Waals surface area contributed by atoms with Gasteiger partial charge in [0.1, 0.15) is 12.1 Å². The van der Waals surface area contributed by atoms with Gasteiger partial charge >= 0.3 is 5.69 Å². The molecular formula is C40H57N5O8. The molecule has 0 saturated heterocycles. The van der Waals surface area contributed by atoms with Crippen LogP contribution in [0.4, 0.5) is 5.69 Å². The minimum Gasteiger partial charge on any atom is -0.486 e. The summed E-state index contributed by atoms with van der Waals surface area (Å²) < 4.78 is 5.62. The lowest BCUT2D eigenvalue weighted by atomic mass is 9.83. The van der Waals surface area contributed by atoms with Gasteiger partial charge in [-0.15, -0.1) is 0 Å². The van der Waals surface area contributed by atoms with E-state index in [1.807, 2.05) is 58.0 Å². The fourth-order valence-corrected chi connectivity index (χ4v) is 7.22. The van der Waals surface area contributed by atoms with Crippen molar-refractivity contribution in [3.8, 4) is 5.75 Å². The van der Waals surface area contributed by atoms with E-state index < -0.39 is 52.8 Å². The fraction of sp³-hybridized carbons (Fsp3) is 0.600. The molecule has 4 amide bonds. The summed E-state index contributed by atoms with van der Waals surface area (Å²) in [6.07, 6.45) is 4.95. The maximum absolute atomic E-state index is 14.0. The first-order valence-corrected chi connectivity index (χ1v) is 19.1. The van der Waals surface area contributed by atoms with Gasteiger partial charge in [-0.1, -0.05) is 102 Å². The highest BCUT2D eigenvalue weighted by molar-refractivity contribution is 5.92. The number of aliphatic hydroxyl groups excluding tert-OH is 1. The predicted molar refractivity (Wildman–Crippen MR) is 201 cm³/mol. The highest BCUT2D eigenvalue weighted by Crippen LogP contribution is 2.42. The van der Waals surface area contributed by atoms with Gasteiger partial charge < -0.3 is 31.1 Å². The maximum atomic E-state index is 14.0. The van der Waals surface area contributed by atoms with Crippen LogP contribution in [0.15, 0.2) is 48.5 Å². The summed E-state index contributed by atoms with van der Waals surface area (Å²) in [6, 6.07) is 11.1. The first-order valence-electron chi connectivity index (χ1n) is 19.1. The number of fused-ring (bicyclic) bond motifs is 1. The van der Waals surface area contributed by atoms with Gasteiger partial charge in [0.2, 0.25) is 29.4 Å². The number of rotatable bonds is 19. The number of nitro groups is 1. The van der Waals surface area contributed by atoms with E-state index in [2.05, 4.69) is 21.3 Å². The van der Waals surface area contributed by atoms with Crippen molar-refractivity contribution in [3.63, 3.8) is 0 Å². The van der Waals surface area contributed by atoms with E-state index in [-0.39, 0.29) is 55.0 Å². The second kappa shape index (κ2) is 20.1. The van der Waals surface area contributed by atoms with Crippen LogP contribution < -0.4 is 26.0 Å². The van der Waals surface area contributed by atoms with E-state index in [1.54, 1.807) is 12.1 Å². The van der Waals surface area contributed by atoms with E-state index in [4.69, 9.17) is 4.74 Å². The average molecular weight is 736 g/mol. The molecular weight excluding hydrogens is 678 g/mol. The molecule has 1 aliphatic heterocycles. The second-order valence-corrected chi connectivity index (χ2v) is 15.5. The summed E-state index contributed by atoms with van der Waals surface area (Å²) in [4.78, 5) is 65.2. The van der Waals surface area contributed by atoms with Gasteiger partial charge in [-0.05, 0) is 36.2 Å². The molecule has 53 heavy (non-hydrogen) atoms. The third kappa shape index (κ3) is 12.8. The molecule has 0 aromatic heterocycles. The van der Waals surface area contributed by atoms with Crippen molar-refractivity contribution in [2.75, 3.05) is 13.2 Å². The largest absolute Gasteiger partial charge is 0.486 e. The topological polar surface area (TPSA) is 189 Å². The highest BCUT2D eigenvalue weighted by atomic mass is 16.6. The van der Waals surface area contributed by atoms with Crippen LogP contribution in [0.25, 0.3) is 0 Å². The van der Waals surface area contributed by atoms with Gasteiger partial charge in [-0.2, -0.15) is 0 Å². The number of amides is 4. The van der Waals surface area contributed by atoms with Gasteiger partial charge in [-0.25, -0.2) is 0 Å². The standard InChI is InChI=1S/C40H57N5O8/c1-25(2)18-32(39(49)43-31(19-27-12-7-5-8-13-27)35(46)22-36(47)41-23-26(3)4)44-40(50)33(20-28-14-9-6-10-15-28)42-37(48)21-29-24-53-38-30(29)16-11-17-34(38)45(51)52/h6,9-11,14-17,25-27,29,31-33,35,46H,5,7-8,12-13,18-24H2,1-4H3,(H,41,47)(H,42,48)(H,43,49)(H,44,50)/t29?,31-,32-,33-,35-/m0/s1.